The summed E-state index contributed by atoms with van der Waals surface area (Å²) in [5, 5.41) is 23.7. The molecule has 238 valence electrons. The van der Waals surface area contributed by atoms with Crippen LogP contribution in [0.3, 0.4) is 0 Å². The molecular weight excluding hydrogens is 544 g/mol. The van der Waals surface area contributed by atoms with Gasteiger partial charge >= 0.3 is 23.9 Å². The first kappa shape index (κ1) is 34.0. The summed E-state index contributed by atoms with van der Waals surface area (Å²) in [4.78, 5) is 50.4. The summed E-state index contributed by atoms with van der Waals surface area (Å²) in [7, 11) is 0. The van der Waals surface area contributed by atoms with E-state index >= 15 is 0 Å². The van der Waals surface area contributed by atoms with Gasteiger partial charge in [0, 0.05) is 43.4 Å². The largest absolute Gasteiger partial charge is 0.462 e. The van der Waals surface area contributed by atoms with E-state index in [4.69, 9.17) is 18.9 Å². The first-order valence-electron chi connectivity index (χ1n) is 15.3. The maximum Gasteiger partial charge on any atom is 0.306 e. The van der Waals surface area contributed by atoms with Crippen molar-refractivity contribution in [3.05, 3.63) is 11.6 Å². The van der Waals surface area contributed by atoms with E-state index in [1.54, 1.807) is 6.92 Å². The Balaban J connectivity index is 2.32. The molecule has 42 heavy (non-hydrogen) atoms. The zero-order valence-electron chi connectivity index (χ0n) is 26.5. The van der Waals surface area contributed by atoms with Crippen molar-refractivity contribution in [2.24, 2.45) is 34.5 Å². The molecule has 10 heteroatoms. The van der Waals surface area contributed by atoms with Gasteiger partial charge in [-0.05, 0) is 49.5 Å². The lowest BCUT2D eigenvalue weighted by Crippen LogP contribution is -2.63. The Kier molecular flexibility index (Phi) is 10.6. The van der Waals surface area contributed by atoms with Gasteiger partial charge in [0.15, 0.2) is 6.10 Å². The van der Waals surface area contributed by atoms with E-state index in [0.717, 1.165) is 0 Å². The number of aliphatic hydroxyl groups is 2. The monoisotopic (exact) mass is 594 g/mol. The smallest absolute Gasteiger partial charge is 0.306 e. The SMILES string of the molecule is CCCC(=O)OC1C(O)C(OC(C)=O)C(C)=CC2C3C(C(C)C)C(OC(C)=O)C(O)C3(C)C(OC(=O)CCC)CC21C. The Morgan fingerprint density at radius 2 is 1.48 bits per heavy atom. The van der Waals surface area contributed by atoms with E-state index in [0.29, 0.717) is 18.4 Å². The van der Waals surface area contributed by atoms with Crippen molar-refractivity contribution in [3.8, 4) is 0 Å². The van der Waals surface area contributed by atoms with Crippen LogP contribution in [-0.2, 0) is 38.1 Å². The number of allylic oxidation sites excluding steroid dienone is 1. The zero-order valence-corrected chi connectivity index (χ0v) is 26.5. The second-order valence-corrected chi connectivity index (χ2v) is 13.3. The number of rotatable bonds is 9. The molecule has 3 rings (SSSR count). The van der Waals surface area contributed by atoms with Crippen molar-refractivity contribution in [1.82, 2.24) is 0 Å². The molecule has 2 N–H and O–H groups in total. The molecule has 0 saturated heterocycles. The van der Waals surface area contributed by atoms with Gasteiger partial charge in [0.1, 0.15) is 30.5 Å². The molecule has 0 radical (unpaired) electrons. The standard InChI is InChI=1S/C32H50O10/c1-10-12-22(35)41-21-15-31(8)20(25-24(16(3)4)28(40-19(7)34)29(38)32(21,25)9)14-17(5)27(39-18(6)33)26(37)30(31)42-23(36)13-11-2/h14,16,20-21,24-30,37-38H,10-13,15H2,1-9H3. The highest BCUT2D eigenvalue weighted by atomic mass is 16.6. The van der Waals surface area contributed by atoms with Crippen LogP contribution in [-0.4, -0.2) is 70.7 Å². The maximum absolute atomic E-state index is 13.0. The van der Waals surface area contributed by atoms with Crippen LogP contribution in [0.15, 0.2) is 11.6 Å². The van der Waals surface area contributed by atoms with Gasteiger partial charge in [-0.25, -0.2) is 0 Å². The Morgan fingerprint density at radius 1 is 0.929 bits per heavy atom. The number of aliphatic hydroxyl groups excluding tert-OH is 2. The quantitative estimate of drug-likeness (QED) is 0.229. The molecule has 2 saturated carbocycles. The summed E-state index contributed by atoms with van der Waals surface area (Å²) in [6, 6.07) is 0. The molecule has 11 atom stereocenters. The van der Waals surface area contributed by atoms with Crippen molar-refractivity contribution in [2.75, 3.05) is 0 Å². The van der Waals surface area contributed by atoms with Crippen LogP contribution < -0.4 is 0 Å². The molecule has 0 aromatic heterocycles. The van der Waals surface area contributed by atoms with Crippen molar-refractivity contribution < 1.29 is 48.3 Å². The van der Waals surface area contributed by atoms with Crippen LogP contribution in [0, 0.1) is 34.5 Å². The molecular formula is C32H50O10. The second-order valence-electron chi connectivity index (χ2n) is 13.3. The molecule has 0 heterocycles. The van der Waals surface area contributed by atoms with Crippen molar-refractivity contribution in [2.45, 2.75) is 131 Å². The third kappa shape index (κ3) is 6.11. The number of carbonyl (C=O) groups excluding carboxylic acids is 4. The summed E-state index contributed by atoms with van der Waals surface area (Å²) in [5.41, 5.74) is -1.48. The minimum Gasteiger partial charge on any atom is -0.462 e. The first-order chi connectivity index (χ1) is 19.5. The minimum atomic E-state index is -1.40. The Labute approximate surface area is 249 Å². The highest BCUT2D eigenvalue weighted by Crippen LogP contribution is 2.67. The van der Waals surface area contributed by atoms with Gasteiger partial charge in [-0.2, -0.15) is 0 Å². The molecule has 11 unspecified atom stereocenters. The molecule has 3 aliphatic carbocycles. The summed E-state index contributed by atoms with van der Waals surface area (Å²) in [6.07, 6.45) is -2.97. The predicted octanol–water partition coefficient (Wildman–Crippen LogP) is 3.89. The van der Waals surface area contributed by atoms with E-state index in [1.165, 1.54) is 13.8 Å². The van der Waals surface area contributed by atoms with Gasteiger partial charge in [0.05, 0.1) is 0 Å². The number of hydrogen-bond donors (Lipinski definition) is 2. The summed E-state index contributed by atoms with van der Waals surface area (Å²) < 4.78 is 23.6. The fourth-order valence-electron chi connectivity index (χ4n) is 8.04. The molecule has 0 aliphatic heterocycles. The average molecular weight is 595 g/mol. The first-order valence-corrected chi connectivity index (χ1v) is 15.3. The third-order valence-electron chi connectivity index (χ3n) is 9.89. The molecule has 0 bridgehead atoms. The van der Waals surface area contributed by atoms with E-state index in [-0.39, 0.29) is 31.1 Å². The molecule has 3 aliphatic rings. The molecule has 10 nitrogen and oxygen atoms in total. The van der Waals surface area contributed by atoms with E-state index < -0.39 is 83.2 Å². The third-order valence-corrected chi connectivity index (χ3v) is 9.89. The van der Waals surface area contributed by atoms with Gasteiger partial charge in [-0.1, -0.05) is 47.6 Å². The summed E-state index contributed by atoms with van der Waals surface area (Å²) >= 11 is 0. The van der Waals surface area contributed by atoms with Crippen molar-refractivity contribution >= 4 is 23.9 Å². The number of ether oxygens (including phenoxy) is 4. The Hall–Kier alpha value is -2.46. The molecule has 0 spiro atoms. The highest BCUT2D eigenvalue weighted by Gasteiger charge is 2.72. The fraction of sp³-hybridized carbons (Fsp3) is 0.812. The van der Waals surface area contributed by atoms with Gasteiger partial charge in [-0.3, -0.25) is 19.2 Å². The van der Waals surface area contributed by atoms with Crippen LogP contribution in [0.5, 0.6) is 0 Å². The van der Waals surface area contributed by atoms with E-state index in [1.807, 2.05) is 47.6 Å². The topological polar surface area (TPSA) is 146 Å². The number of carbonyl (C=O) groups is 4. The van der Waals surface area contributed by atoms with Crippen LogP contribution in [0.25, 0.3) is 0 Å². The van der Waals surface area contributed by atoms with Crippen LogP contribution in [0.4, 0.5) is 0 Å². The minimum absolute atomic E-state index is 0.0718. The number of esters is 4. The van der Waals surface area contributed by atoms with Crippen LogP contribution in [0.1, 0.15) is 94.4 Å². The predicted molar refractivity (Wildman–Crippen MR) is 153 cm³/mol. The number of hydrogen-bond acceptors (Lipinski definition) is 10. The van der Waals surface area contributed by atoms with Gasteiger partial charge in [0.2, 0.25) is 0 Å². The summed E-state index contributed by atoms with van der Waals surface area (Å²) in [6.45, 7) is 15.8. The fourth-order valence-corrected chi connectivity index (χ4v) is 8.04. The highest BCUT2D eigenvalue weighted by molar-refractivity contribution is 5.70. The average Bonchev–Trinajstić information content (AvgIpc) is 3.06. The lowest BCUT2D eigenvalue weighted by Gasteiger charge is -2.58. The van der Waals surface area contributed by atoms with Crippen LogP contribution in [0.2, 0.25) is 0 Å². The van der Waals surface area contributed by atoms with Gasteiger partial charge in [0.25, 0.3) is 0 Å². The molecule has 0 amide bonds. The lowest BCUT2D eigenvalue weighted by atomic mass is 9.49. The van der Waals surface area contributed by atoms with Gasteiger partial charge in [-0.15, -0.1) is 0 Å². The molecule has 0 aromatic rings. The second kappa shape index (κ2) is 13.0. The number of fused-ring (bicyclic) bond motifs is 3. The van der Waals surface area contributed by atoms with Crippen LogP contribution >= 0.6 is 0 Å². The van der Waals surface area contributed by atoms with Gasteiger partial charge < -0.3 is 29.2 Å². The Bertz CT molecular complexity index is 1070. The maximum atomic E-state index is 13.0. The summed E-state index contributed by atoms with van der Waals surface area (Å²) in [5.74, 6) is -3.36. The Morgan fingerprint density at radius 3 is 1.98 bits per heavy atom. The van der Waals surface area contributed by atoms with E-state index in [9.17, 15) is 29.4 Å². The zero-order chi connectivity index (χ0) is 31.7. The van der Waals surface area contributed by atoms with E-state index in [2.05, 4.69) is 0 Å². The van der Waals surface area contributed by atoms with Crippen molar-refractivity contribution in [3.63, 3.8) is 0 Å². The molecule has 2 fully saturated rings. The van der Waals surface area contributed by atoms with Crippen molar-refractivity contribution in [1.29, 1.82) is 0 Å². The normalized spacial score (nSPS) is 39.3. The lowest BCUT2D eigenvalue weighted by molar-refractivity contribution is -0.220. The molecule has 0 aromatic carbocycles.